The molecule has 0 radical (unpaired) electrons. The maximum atomic E-state index is 12.4. The number of carbonyl (C=O) groups excluding carboxylic acids is 1. The molecule has 0 saturated heterocycles. The van der Waals surface area contributed by atoms with Crippen molar-refractivity contribution in [1.29, 1.82) is 0 Å². The lowest BCUT2D eigenvalue weighted by atomic mass is 9.48. The van der Waals surface area contributed by atoms with Gasteiger partial charge in [0.1, 0.15) is 5.75 Å². The third kappa shape index (κ3) is 1.99. The second-order valence-corrected chi connectivity index (χ2v) is 7.00. The molecular formula is C16H24N2O2. The fraction of sp³-hybridized carbons (Fsp3) is 0.562. The van der Waals surface area contributed by atoms with Crippen LogP contribution in [-0.4, -0.2) is 23.1 Å². The minimum Gasteiger partial charge on any atom is -0.507 e. The van der Waals surface area contributed by atoms with Gasteiger partial charge >= 0.3 is 0 Å². The first-order chi connectivity index (χ1) is 9.10. The summed E-state index contributed by atoms with van der Waals surface area (Å²) in [5, 5.41) is 13.0. The van der Waals surface area contributed by atoms with Crippen LogP contribution in [0, 0.1) is 17.8 Å². The van der Waals surface area contributed by atoms with Gasteiger partial charge in [-0.1, -0.05) is 39.8 Å². The highest BCUT2D eigenvalue weighted by molar-refractivity contribution is 5.97. The Morgan fingerprint density at radius 2 is 1.80 bits per heavy atom. The SMILES string of the molecule is Cc1cccc(C(=O)NC2C(C)(C)C(N)C2(C)C)c1O. The molecule has 2 rings (SSSR count). The largest absolute Gasteiger partial charge is 0.507 e. The molecule has 4 N–H and O–H groups in total. The first kappa shape index (κ1) is 14.9. The molecule has 0 bridgehead atoms. The molecule has 1 aromatic carbocycles. The molecule has 0 atom stereocenters. The number of carbonyl (C=O) groups is 1. The molecule has 0 aromatic heterocycles. The minimum absolute atomic E-state index is 0.0163. The number of amides is 1. The number of hydrogen-bond acceptors (Lipinski definition) is 3. The molecule has 0 unspecified atom stereocenters. The van der Waals surface area contributed by atoms with Crippen molar-refractivity contribution in [3.05, 3.63) is 29.3 Å². The zero-order valence-corrected chi connectivity index (χ0v) is 12.8. The Hall–Kier alpha value is -1.55. The lowest BCUT2D eigenvalue weighted by Gasteiger charge is -2.62. The lowest BCUT2D eigenvalue weighted by Crippen LogP contribution is -2.76. The van der Waals surface area contributed by atoms with Crippen LogP contribution in [0.3, 0.4) is 0 Å². The number of phenols is 1. The second kappa shape index (κ2) is 4.48. The molecule has 1 aliphatic carbocycles. The zero-order chi connectivity index (χ0) is 15.3. The average molecular weight is 276 g/mol. The topological polar surface area (TPSA) is 75.4 Å². The van der Waals surface area contributed by atoms with Gasteiger partial charge in [-0.3, -0.25) is 4.79 Å². The van der Waals surface area contributed by atoms with Crippen LogP contribution in [0.15, 0.2) is 18.2 Å². The molecule has 110 valence electrons. The fourth-order valence-corrected chi connectivity index (χ4v) is 3.60. The number of rotatable bonds is 2. The van der Waals surface area contributed by atoms with Gasteiger partial charge in [0.25, 0.3) is 5.91 Å². The van der Waals surface area contributed by atoms with Crippen LogP contribution in [-0.2, 0) is 0 Å². The fourth-order valence-electron chi connectivity index (χ4n) is 3.60. The number of para-hydroxylation sites is 1. The summed E-state index contributed by atoms with van der Waals surface area (Å²) in [5.74, 6) is -0.200. The normalized spacial score (nSPS) is 26.7. The molecule has 20 heavy (non-hydrogen) atoms. The maximum absolute atomic E-state index is 12.4. The molecule has 0 heterocycles. The molecule has 1 aliphatic rings. The van der Waals surface area contributed by atoms with Crippen LogP contribution < -0.4 is 11.1 Å². The van der Waals surface area contributed by atoms with E-state index in [-0.39, 0.29) is 34.6 Å². The monoisotopic (exact) mass is 276 g/mol. The van der Waals surface area contributed by atoms with E-state index in [0.29, 0.717) is 11.1 Å². The van der Waals surface area contributed by atoms with E-state index in [4.69, 9.17) is 5.73 Å². The van der Waals surface area contributed by atoms with Crippen molar-refractivity contribution in [1.82, 2.24) is 5.32 Å². The van der Waals surface area contributed by atoms with E-state index in [2.05, 4.69) is 33.0 Å². The van der Waals surface area contributed by atoms with E-state index in [9.17, 15) is 9.90 Å². The van der Waals surface area contributed by atoms with Gasteiger partial charge < -0.3 is 16.2 Å². The molecule has 1 aromatic rings. The zero-order valence-electron chi connectivity index (χ0n) is 12.8. The third-order valence-corrected chi connectivity index (χ3v) is 4.85. The first-order valence-corrected chi connectivity index (χ1v) is 6.95. The Morgan fingerprint density at radius 3 is 2.35 bits per heavy atom. The summed E-state index contributed by atoms with van der Waals surface area (Å²) in [4.78, 5) is 12.4. The summed E-state index contributed by atoms with van der Waals surface area (Å²) >= 11 is 0. The van der Waals surface area contributed by atoms with E-state index in [1.165, 1.54) is 0 Å². The molecular weight excluding hydrogens is 252 g/mol. The van der Waals surface area contributed by atoms with E-state index in [1.54, 1.807) is 25.1 Å². The third-order valence-electron chi connectivity index (χ3n) is 4.85. The molecule has 1 amide bonds. The number of aromatic hydroxyl groups is 1. The number of nitrogens with two attached hydrogens (primary N) is 1. The van der Waals surface area contributed by atoms with Gasteiger partial charge in [-0.15, -0.1) is 0 Å². The predicted octanol–water partition coefficient (Wildman–Crippen LogP) is 2.19. The number of hydrogen-bond donors (Lipinski definition) is 3. The van der Waals surface area contributed by atoms with Crippen molar-refractivity contribution < 1.29 is 9.90 Å². The van der Waals surface area contributed by atoms with Crippen molar-refractivity contribution >= 4 is 5.91 Å². The molecule has 4 nitrogen and oxygen atoms in total. The molecule has 0 spiro atoms. The standard InChI is InChI=1S/C16H24N2O2/c1-9-7-6-8-10(11(9)19)12(20)18-14-15(2,3)13(17)16(14,4)5/h6-8,13-14,19H,17H2,1-5H3,(H,18,20). The van der Waals surface area contributed by atoms with Gasteiger partial charge in [-0.05, 0) is 18.6 Å². The summed E-state index contributed by atoms with van der Waals surface area (Å²) in [7, 11) is 0. The van der Waals surface area contributed by atoms with E-state index >= 15 is 0 Å². The van der Waals surface area contributed by atoms with Crippen molar-refractivity contribution in [2.45, 2.75) is 46.7 Å². The van der Waals surface area contributed by atoms with Gasteiger partial charge in [0, 0.05) is 22.9 Å². The predicted molar refractivity (Wildman–Crippen MR) is 79.6 cm³/mol. The summed E-state index contributed by atoms with van der Waals surface area (Å²) in [5.41, 5.74) is 6.90. The Labute approximate surface area is 120 Å². The van der Waals surface area contributed by atoms with Crippen LogP contribution >= 0.6 is 0 Å². The summed E-state index contributed by atoms with van der Waals surface area (Å²) in [6.45, 7) is 10.0. The van der Waals surface area contributed by atoms with Gasteiger partial charge in [-0.25, -0.2) is 0 Å². The highest BCUT2D eigenvalue weighted by atomic mass is 16.3. The second-order valence-electron chi connectivity index (χ2n) is 7.00. The number of nitrogens with one attached hydrogen (secondary N) is 1. The summed E-state index contributed by atoms with van der Waals surface area (Å²) < 4.78 is 0. The maximum Gasteiger partial charge on any atom is 0.255 e. The quantitative estimate of drug-likeness (QED) is 0.775. The van der Waals surface area contributed by atoms with Crippen LogP contribution in [0.2, 0.25) is 0 Å². The highest BCUT2D eigenvalue weighted by Gasteiger charge is 2.60. The molecule has 4 heteroatoms. The Morgan fingerprint density at radius 1 is 1.25 bits per heavy atom. The van der Waals surface area contributed by atoms with Gasteiger partial charge in [-0.2, -0.15) is 0 Å². The van der Waals surface area contributed by atoms with Crippen LogP contribution in [0.25, 0.3) is 0 Å². The lowest BCUT2D eigenvalue weighted by molar-refractivity contribution is -0.0663. The average Bonchev–Trinajstić information content (AvgIpc) is 2.37. The van der Waals surface area contributed by atoms with Crippen molar-refractivity contribution in [2.24, 2.45) is 16.6 Å². The van der Waals surface area contributed by atoms with Crippen LogP contribution in [0.5, 0.6) is 5.75 Å². The van der Waals surface area contributed by atoms with Crippen molar-refractivity contribution in [3.63, 3.8) is 0 Å². The van der Waals surface area contributed by atoms with Crippen LogP contribution in [0.1, 0.15) is 43.6 Å². The van der Waals surface area contributed by atoms with Gasteiger partial charge in [0.2, 0.25) is 0 Å². The van der Waals surface area contributed by atoms with Crippen LogP contribution in [0.4, 0.5) is 0 Å². The van der Waals surface area contributed by atoms with Gasteiger partial charge in [0.05, 0.1) is 5.56 Å². The molecule has 0 aliphatic heterocycles. The minimum atomic E-state index is -0.246. The van der Waals surface area contributed by atoms with E-state index in [0.717, 1.165) is 0 Å². The summed E-state index contributed by atoms with van der Waals surface area (Å²) in [6.07, 6.45) is 0. The number of benzene rings is 1. The van der Waals surface area contributed by atoms with Crippen molar-refractivity contribution in [2.75, 3.05) is 0 Å². The number of aryl methyl sites for hydroxylation is 1. The van der Waals surface area contributed by atoms with Crippen molar-refractivity contribution in [3.8, 4) is 5.75 Å². The Balaban J connectivity index is 2.23. The Bertz CT molecular complexity index is 533. The molecule has 1 fully saturated rings. The summed E-state index contributed by atoms with van der Waals surface area (Å²) in [6, 6.07) is 5.20. The van der Waals surface area contributed by atoms with E-state index in [1.807, 2.05) is 0 Å². The molecule has 1 saturated carbocycles. The van der Waals surface area contributed by atoms with Gasteiger partial charge in [0.15, 0.2) is 0 Å². The highest BCUT2D eigenvalue weighted by Crippen LogP contribution is 2.52. The smallest absolute Gasteiger partial charge is 0.255 e. The number of phenolic OH excluding ortho intramolecular Hbond substituents is 1. The Kier molecular flexibility index (Phi) is 3.33. The van der Waals surface area contributed by atoms with E-state index < -0.39 is 0 Å². The first-order valence-electron chi connectivity index (χ1n) is 6.95.